The van der Waals surface area contributed by atoms with E-state index in [9.17, 15) is 0 Å². The molecule has 64 valence electrons. The number of rotatable bonds is 3. The molecule has 2 nitrogen and oxygen atoms in total. The molecule has 12 heavy (non-hydrogen) atoms. The Kier molecular flexibility index (Phi) is 2.61. The monoisotopic (exact) mass is 162 g/mol. The van der Waals surface area contributed by atoms with Crippen molar-refractivity contribution in [3.05, 3.63) is 42.7 Å². The second-order valence-electron chi connectivity index (χ2n) is 3.13. The maximum atomic E-state index is 6.01. The normalized spacial score (nSPS) is 15.2. The van der Waals surface area contributed by atoms with Gasteiger partial charge in [0.15, 0.2) is 0 Å². The largest absolute Gasteiger partial charge is 0.320 e. The van der Waals surface area contributed by atoms with E-state index in [1.807, 2.05) is 31.2 Å². The molecule has 0 bridgehead atoms. The first-order valence-electron chi connectivity index (χ1n) is 3.98. The van der Waals surface area contributed by atoms with Crippen LogP contribution in [-0.4, -0.2) is 4.98 Å². The van der Waals surface area contributed by atoms with Gasteiger partial charge in [-0.25, -0.2) is 0 Å². The number of nitrogens with two attached hydrogens (primary N) is 1. The smallest absolute Gasteiger partial charge is 0.0602 e. The lowest BCUT2D eigenvalue weighted by molar-refractivity contribution is 0.486. The van der Waals surface area contributed by atoms with Crippen LogP contribution < -0.4 is 5.73 Å². The lowest BCUT2D eigenvalue weighted by Gasteiger charge is -2.21. The summed E-state index contributed by atoms with van der Waals surface area (Å²) in [4.78, 5) is 4.20. The van der Waals surface area contributed by atoms with Crippen molar-refractivity contribution in [3.63, 3.8) is 0 Å². The maximum absolute atomic E-state index is 6.01. The van der Waals surface area contributed by atoms with Gasteiger partial charge in [-0.15, -0.1) is 6.58 Å². The molecule has 1 aromatic rings. The second kappa shape index (κ2) is 3.50. The van der Waals surface area contributed by atoms with Crippen molar-refractivity contribution in [1.29, 1.82) is 0 Å². The van der Waals surface area contributed by atoms with Crippen LogP contribution in [0.3, 0.4) is 0 Å². The zero-order chi connectivity index (χ0) is 9.03. The molecule has 0 amide bonds. The number of pyridine rings is 1. The minimum Gasteiger partial charge on any atom is -0.320 e. The van der Waals surface area contributed by atoms with Crippen molar-refractivity contribution in [2.45, 2.75) is 18.9 Å². The Morgan fingerprint density at radius 3 is 2.92 bits per heavy atom. The fraction of sp³-hybridized carbons (Fsp3) is 0.300. The fourth-order valence-electron chi connectivity index (χ4n) is 1.11. The van der Waals surface area contributed by atoms with Crippen molar-refractivity contribution in [3.8, 4) is 0 Å². The van der Waals surface area contributed by atoms with E-state index < -0.39 is 0 Å². The SMILES string of the molecule is C=CCC(C)(N)c1ccccn1. The van der Waals surface area contributed by atoms with E-state index in [1.54, 1.807) is 6.20 Å². The number of aromatic nitrogens is 1. The van der Waals surface area contributed by atoms with Gasteiger partial charge >= 0.3 is 0 Å². The molecular formula is C10H14N2. The van der Waals surface area contributed by atoms with E-state index in [0.29, 0.717) is 0 Å². The summed E-state index contributed by atoms with van der Waals surface area (Å²) < 4.78 is 0. The number of hydrogen-bond donors (Lipinski definition) is 1. The van der Waals surface area contributed by atoms with E-state index >= 15 is 0 Å². The van der Waals surface area contributed by atoms with E-state index in [0.717, 1.165) is 12.1 Å². The molecule has 0 aliphatic carbocycles. The zero-order valence-electron chi connectivity index (χ0n) is 7.33. The Balaban J connectivity index is 2.89. The predicted octanol–water partition coefficient (Wildman–Crippen LogP) is 1.83. The van der Waals surface area contributed by atoms with Gasteiger partial charge in [0.05, 0.1) is 11.2 Å². The highest BCUT2D eigenvalue weighted by molar-refractivity contribution is 5.14. The van der Waals surface area contributed by atoms with Crippen molar-refractivity contribution in [2.24, 2.45) is 5.73 Å². The van der Waals surface area contributed by atoms with Crippen molar-refractivity contribution in [2.75, 3.05) is 0 Å². The molecule has 1 unspecified atom stereocenters. The van der Waals surface area contributed by atoms with E-state index in [-0.39, 0.29) is 5.54 Å². The van der Waals surface area contributed by atoms with Crippen LogP contribution in [0, 0.1) is 0 Å². The van der Waals surface area contributed by atoms with Crippen LogP contribution in [0.4, 0.5) is 0 Å². The van der Waals surface area contributed by atoms with Gasteiger partial charge in [0.1, 0.15) is 0 Å². The van der Waals surface area contributed by atoms with Crippen molar-refractivity contribution >= 4 is 0 Å². The summed E-state index contributed by atoms with van der Waals surface area (Å²) in [5.74, 6) is 0. The van der Waals surface area contributed by atoms with E-state index in [1.165, 1.54) is 0 Å². The molecule has 0 radical (unpaired) electrons. The molecule has 0 saturated heterocycles. The molecule has 0 aliphatic rings. The van der Waals surface area contributed by atoms with Gasteiger partial charge in [-0.2, -0.15) is 0 Å². The Morgan fingerprint density at radius 1 is 1.67 bits per heavy atom. The van der Waals surface area contributed by atoms with Gasteiger partial charge in [-0.05, 0) is 25.5 Å². The molecule has 0 spiro atoms. The molecule has 1 aromatic heterocycles. The minimum atomic E-state index is -0.386. The second-order valence-corrected chi connectivity index (χ2v) is 3.13. The summed E-state index contributed by atoms with van der Waals surface area (Å²) in [6.45, 7) is 5.62. The van der Waals surface area contributed by atoms with Gasteiger partial charge in [0, 0.05) is 6.20 Å². The van der Waals surface area contributed by atoms with Crippen LogP contribution in [0.5, 0.6) is 0 Å². The Hall–Kier alpha value is -1.15. The van der Waals surface area contributed by atoms with Crippen LogP contribution in [-0.2, 0) is 5.54 Å². The van der Waals surface area contributed by atoms with Gasteiger partial charge in [0.25, 0.3) is 0 Å². The summed E-state index contributed by atoms with van der Waals surface area (Å²) in [5, 5.41) is 0. The molecule has 0 aromatic carbocycles. The molecule has 0 saturated carbocycles. The summed E-state index contributed by atoms with van der Waals surface area (Å²) in [7, 11) is 0. The van der Waals surface area contributed by atoms with E-state index in [2.05, 4.69) is 11.6 Å². The third-order valence-corrected chi connectivity index (χ3v) is 1.82. The highest BCUT2D eigenvalue weighted by Crippen LogP contribution is 2.18. The summed E-state index contributed by atoms with van der Waals surface area (Å²) in [5.41, 5.74) is 6.54. The lowest BCUT2D eigenvalue weighted by Crippen LogP contribution is -2.33. The van der Waals surface area contributed by atoms with E-state index in [4.69, 9.17) is 5.73 Å². The Morgan fingerprint density at radius 2 is 2.42 bits per heavy atom. The first-order chi connectivity index (χ1) is 5.67. The molecule has 2 N–H and O–H groups in total. The van der Waals surface area contributed by atoms with Gasteiger partial charge in [-0.1, -0.05) is 12.1 Å². The van der Waals surface area contributed by atoms with Gasteiger partial charge < -0.3 is 5.73 Å². The van der Waals surface area contributed by atoms with Crippen molar-refractivity contribution in [1.82, 2.24) is 4.98 Å². The quantitative estimate of drug-likeness (QED) is 0.689. The molecular weight excluding hydrogens is 148 g/mol. The topological polar surface area (TPSA) is 38.9 Å². The van der Waals surface area contributed by atoms with Crippen molar-refractivity contribution < 1.29 is 0 Å². The average molecular weight is 162 g/mol. The van der Waals surface area contributed by atoms with Crippen LogP contribution in [0.25, 0.3) is 0 Å². The highest BCUT2D eigenvalue weighted by Gasteiger charge is 2.19. The molecule has 2 heteroatoms. The van der Waals surface area contributed by atoms with Crippen LogP contribution in [0.1, 0.15) is 19.0 Å². The third-order valence-electron chi connectivity index (χ3n) is 1.82. The Labute approximate surface area is 73.1 Å². The molecule has 1 rings (SSSR count). The molecule has 1 atom stereocenters. The minimum absolute atomic E-state index is 0.386. The van der Waals surface area contributed by atoms with Gasteiger partial charge in [-0.3, -0.25) is 4.98 Å². The third kappa shape index (κ3) is 1.92. The lowest BCUT2D eigenvalue weighted by atomic mass is 9.94. The Bertz CT molecular complexity index is 252. The first kappa shape index (κ1) is 8.94. The summed E-state index contributed by atoms with van der Waals surface area (Å²) in [6, 6.07) is 5.76. The first-order valence-corrected chi connectivity index (χ1v) is 3.98. The average Bonchev–Trinajstić information content (AvgIpc) is 2.06. The van der Waals surface area contributed by atoms with Crippen LogP contribution in [0.15, 0.2) is 37.1 Å². The van der Waals surface area contributed by atoms with Gasteiger partial charge in [0.2, 0.25) is 0 Å². The summed E-state index contributed by atoms with van der Waals surface area (Å²) >= 11 is 0. The van der Waals surface area contributed by atoms with Crippen LogP contribution >= 0.6 is 0 Å². The van der Waals surface area contributed by atoms with Crippen LogP contribution in [0.2, 0.25) is 0 Å². The summed E-state index contributed by atoms with van der Waals surface area (Å²) in [6.07, 6.45) is 4.31. The standard InChI is InChI=1S/C10H14N2/c1-3-7-10(2,11)9-6-4-5-8-12-9/h3-6,8H,1,7,11H2,2H3. The number of nitrogens with zero attached hydrogens (tertiary/aromatic N) is 1. The number of hydrogen-bond acceptors (Lipinski definition) is 2. The molecule has 0 fully saturated rings. The fourth-order valence-corrected chi connectivity index (χ4v) is 1.11. The molecule has 1 heterocycles. The maximum Gasteiger partial charge on any atom is 0.0602 e. The zero-order valence-corrected chi connectivity index (χ0v) is 7.33. The predicted molar refractivity (Wildman–Crippen MR) is 50.6 cm³/mol. The molecule has 0 aliphatic heterocycles. The highest BCUT2D eigenvalue weighted by atomic mass is 14.8.